The highest BCUT2D eigenvalue weighted by Crippen LogP contribution is 2.35. The highest BCUT2D eigenvalue weighted by molar-refractivity contribution is 5.58. The molecule has 2 heteroatoms. The first kappa shape index (κ1) is 13.4. The van der Waals surface area contributed by atoms with Crippen molar-refractivity contribution in [2.45, 2.75) is 52.1 Å². The van der Waals surface area contributed by atoms with Crippen molar-refractivity contribution < 1.29 is 0 Å². The molecule has 1 aliphatic heterocycles. The van der Waals surface area contributed by atoms with Gasteiger partial charge >= 0.3 is 0 Å². The second-order valence-corrected chi connectivity index (χ2v) is 6.16. The molecule has 1 unspecified atom stereocenters. The van der Waals surface area contributed by atoms with Gasteiger partial charge in [0.25, 0.3) is 0 Å². The normalized spacial score (nSPS) is 23.2. The molecule has 1 aliphatic rings. The van der Waals surface area contributed by atoms with Crippen LogP contribution in [0.25, 0.3) is 0 Å². The Morgan fingerprint density at radius 3 is 2.61 bits per heavy atom. The molecular weight excluding hydrogens is 220 g/mol. The summed E-state index contributed by atoms with van der Waals surface area (Å²) in [5.41, 5.74) is 4.45. The molecule has 0 radical (unpaired) electrons. The first-order chi connectivity index (χ1) is 8.45. The van der Waals surface area contributed by atoms with Crippen LogP contribution in [0.5, 0.6) is 0 Å². The first-order valence-electron chi connectivity index (χ1n) is 6.97. The smallest absolute Gasteiger partial charge is 0.0403 e. The number of hydrogen-bond donors (Lipinski definition) is 1. The van der Waals surface area contributed by atoms with E-state index < -0.39 is 0 Å². The van der Waals surface area contributed by atoms with E-state index in [1.54, 1.807) is 0 Å². The zero-order valence-corrected chi connectivity index (χ0v) is 12.4. The van der Waals surface area contributed by atoms with Gasteiger partial charge in [-0.05, 0) is 64.8 Å². The predicted octanol–water partition coefficient (Wildman–Crippen LogP) is 3.27. The summed E-state index contributed by atoms with van der Waals surface area (Å²) in [4.78, 5) is 2.59. The van der Waals surface area contributed by atoms with Crippen molar-refractivity contribution in [3.8, 4) is 0 Å². The lowest BCUT2D eigenvalue weighted by atomic mass is 9.86. The van der Waals surface area contributed by atoms with E-state index in [0.29, 0.717) is 6.04 Å². The lowest BCUT2D eigenvalue weighted by molar-refractivity contribution is 0.301. The minimum Gasteiger partial charge on any atom is -0.366 e. The van der Waals surface area contributed by atoms with Gasteiger partial charge in [0.05, 0.1) is 0 Å². The molecule has 1 aromatic rings. The van der Waals surface area contributed by atoms with Gasteiger partial charge in [0.2, 0.25) is 0 Å². The van der Waals surface area contributed by atoms with Gasteiger partial charge in [-0.25, -0.2) is 0 Å². The molecule has 1 fully saturated rings. The number of nitrogens with one attached hydrogen (secondary N) is 1. The van der Waals surface area contributed by atoms with Crippen LogP contribution in [0.1, 0.15) is 37.8 Å². The highest BCUT2D eigenvalue weighted by Gasteiger charge is 2.34. The fraction of sp³-hybridized carbons (Fsp3) is 0.625. The van der Waals surface area contributed by atoms with E-state index in [9.17, 15) is 0 Å². The van der Waals surface area contributed by atoms with Crippen molar-refractivity contribution in [1.82, 2.24) is 5.32 Å². The van der Waals surface area contributed by atoms with E-state index in [2.05, 4.69) is 63.2 Å². The van der Waals surface area contributed by atoms with Gasteiger partial charge in [-0.15, -0.1) is 0 Å². The second-order valence-electron chi connectivity index (χ2n) is 6.16. The summed E-state index contributed by atoms with van der Waals surface area (Å²) < 4.78 is 0. The van der Waals surface area contributed by atoms with Crippen LogP contribution in [-0.4, -0.2) is 25.2 Å². The maximum absolute atomic E-state index is 3.43. The summed E-state index contributed by atoms with van der Waals surface area (Å²) in [5, 5.41) is 3.43. The Hall–Kier alpha value is -1.02. The molecular formula is C16H26N2. The summed E-state index contributed by atoms with van der Waals surface area (Å²) in [5.74, 6) is 0. The molecule has 0 bridgehead atoms. The van der Waals surface area contributed by atoms with E-state index in [-0.39, 0.29) is 5.54 Å². The lowest BCUT2D eigenvalue weighted by Crippen LogP contribution is -2.54. The summed E-state index contributed by atoms with van der Waals surface area (Å²) in [7, 11) is 2.08. The molecule has 2 nitrogen and oxygen atoms in total. The largest absolute Gasteiger partial charge is 0.366 e. The number of nitrogens with zero attached hydrogens (tertiary/aromatic N) is 1. The van der Waals surface area contributed by atoms with Crippen LogP contribution in [0.2, 0.25) is 0 Å². The molecule has 100 valence electrons. The van der Waals surface area contributed by atoms with Crippen LogP contribution in [-0.2, 0) is 0 Å². The molecule has 1 heterocycles. The van der Waals surface area contributed by atoms with Crippen LogP contribution >= 0.6 is 0 Å². The van der Waals surface area contributed by atoms with Crippen LogP contribution in [0.3, 0.4) is 0 Å². The molecule has 1 N–H and O–H groups in total. The zero-order chi connectivity index (χ0) is 13.3. The number of aryl methyl sites for hydroxylation is 1. The van der Waals surface area contributed by atoms with Crippen LogP contribution in [0.15, 0.2) is 18.2 Å². The summed E-state index contributed by atoms with van der Waals surface area (Å²) in [6, 6.07) is 7.30. The van der Waals surface area contributed by atoms with Crippen LogP contribution < -0.4 is 10.2 Å². The maximum Gasteiger partial charge on any atom is 0.0403 e. The van der Waals surface area contributed by atoms with Gasteiger partial charge in [0.1, 0.15) is 0 Å². The van der Waals surface area contributed by atoms with E-state index >= 15 is 0 Å². The number of anilines is 1. The van der Waals surface area contributed by atoms with Crippen molar-refractivity contribution in [1.29, 1.82) is 0 Å². The molecule has 0 amide bonds. The molecule has 1 aromatic carbocycles. The van der Waals surface area contributed by atoms with E-state index in [0.717, 1.165) is 6.54 Å². The Bertz CT molecular complexity index is 423. The van der Waals surface area contributed by atoms with Crippen LogP contribution in [0.4, 0.5) is 5.69 Å². The van der Waals surface area contributed by atoms with Gasteiger partial charge in [-0.2, -0.15) is 0 Å². The molecule has 0 spiro atoms. The molecule has 0 aromatic heterocycles. The number of hydrogen-bond acceptors (Lipinski definition) is 2. The van der Waals surface area contributed by atoms with Crippen molar-refractivity contribution in [3.63, 3.8) is 0 Å². The van der Waals surface area contributed by atoms with Gasteiger partial charge in [-0.1, -0.05) is 12.1 Å². The Labute approximate surface area is 111 Å². The van der Waals surface area contributed by atoms with Gasteiger partial charge in [0.15, 0.2) is 0 Å². The third kappa shape index (κ3) is 2.39. The molecule has 0 aliphatic carbocycles. The van der Waals surface area contributed by atoms with Gasteiger partial charge in [0, 0.05) is 23.8 Å². The fourth-order valence-corrected chi connectivity index (χ4v) is 3.12. The van der Waals surface area contributed by atoms with E-state index in [1.807, 2.05) is 0 Å². The Morgan fingerprint density at radius 1 is 1.28 bits per heavy atom. The molecule has 0 saturated carbocycles. The molecule has 1 atom stereocenters. The third-order valence-corrected chi connectivity index (χ3v) is 4.45. The number of rotatable bonds is 2. The Kier molecular flexibility index (Phi) is 3.67. The molecule has 2 rings (SSSR count). The quantitative estimate of drug-likeness (QED) is 0.861. The summed E-state index contributed by atoms with van der Waals surface area (Å²) >= 11 is 0. The first-order valence-corrected chi connectivity index (χ1v) is 6.97. The minimum atomic E-state index is 0.227. The van der Waals surface area contributed by atoms with Crippen molar-refractivity contribution >= 4 is 5.69 Å². The Balaban J connectivity index is 2.31. The van der Waals surface area contributed by atoms with Crippen molar-refractivity contribution in [3.05, 3.63) is 29.3 Å². The number of benzene rings is 1. The SMILES string of the molecule is CNC1CCN(c2cccc(C)c2C)C(C)(C)C1. The predicted molar refractivity (Wildman–Crippen MR) is 79.4 cm³/mol. The average molecular weight is 246 g/mol. The maximum atomic E-state index is 3.43. The van der Waals surface area contributed by atoms with Gasteiger partial charge in [-0.3, -0.25) is 0 Å². The third-order valence-electron chi connectivity index (χ3n) is 4.45. The Morgan fingerprint density at radius 2 is 2.00 bits per heavy atom. The van der Waals surface area contributed by atoms with E-state index in [4.69, 9.17) is 0 Å². The topological polar surface area (TPSA) is 15.3 Å². The monoisotopic (exact) mass is 246 g/mol. The van der Waals surface area contributed by atoms with E-state index in [1.165, 1.54) is 29.7 Å². The fourth-order valence-electron chi connectivity index (χ4n) is 3.12. The average Bonchev–Trinajstić information content (AvgIpc) is 2.32. The molecule has 1 saturated heterocycles. The van der Waals surface area contributed by atoms with Crippen LogP contribution in [0, 0.1) is 13.8 Å². The summed E-state index contributed by atoms with van der Waals surface area (Å²) in [6.45, 7) is 10.3. The van der Waals surface area contributed by atoms with Crippen molar-refractivity contribution in [2.24, 2.45) is 0 Å². The van der Waals surface area contributed by atoms with Gasteiger partial charge < -0.3 is 10.2 Å². The molecule has 18 heavy (non-hydrogen) atoms. The zero-order valence-electron chi connectivity index (χ0n) is 12.4. The van der Waals surface area contributed by atoms with Crippen molar-refractivity contribution in [2.75, 3.05) is 18.5 Å². The standard InChI is InChI=1S/C16H26N2/c1-12-7-6-8-15(13(12)2)18-10-9-14(17-5)11-16(18,3)4/h6-8,14,17H,9-11H2,1-5H3. The highest BCUT2D eigenvalue weighted by atomic mass is 15.2. The second kappa shape index (κ2) is 4.93. The lowest BCUT2D eigenvalue weighted by Gasteiger charge is -2.48. The summed E-state index contributed by atoms with van der Waals surface area (Å²) in [6.07, 6.45) is 2.43. The number of piperidine rings is 1. The minimum absolute atomic E-state index is 0.227.